The first kappa shape index (κ1) is 21.3. The lowest BCUT2D eigenvalue weighted by Crippen LogP contribution is -2.17. The van der Waals surface area contributed by atoms with Crippen molar-refractivity contribution >= 4 is 28.5 Å². The zero-order chi connectivity index (χ0) is 22.7. The van der Waals surface area contributed by atoms with Crippen molar-refractivity contribution in [1.82, 2.24) is 0 Å². The van der Waals surface area contributed by atoms with Crippen molar-refractivity contribution in [2.75, 3.05) is 5.32 Å². The number of para-hydroxylation sites is 1. The lowest BCUT2D eigenvalue weighted by atomic mass is 9.94. The highest BCUT2D eigenvalue weighted by Gasteiger charge is 2.22. The number of hydrogen-bond acceptors (Lipinski definition) is 4. The van der Waals surface area contributed by atoms with Gasteiger partial charge in [0.25, 0.3) is 5.91 Å². The summed E-state index contributed by atoms with van der Waals surface area (Å²) < 4.78 is 5.69. The highest BCUT2D eigenvalue weighted by Crippen LogP contribution is 2.33. The first-order valence-electron chi connectivity index (χ1n) is 10.5. The van der Waals surface area contributed by atoms with E-state index in [0.29, 0.717) is 35.4 Å². The third-order valence-electron chi connectivity index (χ3n) is 5.58. The molecule has 0 bridgehead atoms. The van der Waals surface area contributed by atoms with Crippen molar-refractivity contribution in [2.24, 2.45) is 5.73 Å². The summed E-state index contributed by atoms with van der Waals surface area (Å²) in [6.45, 7) is 2.22. The van der Waals surface area contributed by atoms with Crippen LogP contribution < -0.4 is 11.1 Å². The van der Waals surface area contributed by atoms with Crippen LogP contribution in [0.3, 0.4) is 0 Å². The van der Waals surface area contributed by atoms with Crippen LogP contribution in [0, 0.1) is 0 Å². The fourth-order valence-electron chi connectivity index (χ4n) is 3.93. The fourth-order valence-corrected chi connectivity index (χ4v) is 3.93. The SMILES string of the molecule is CCC(C(=O)O)c1ccccc1NC(=O)c1cc(-c2cccc(CN)c2)c2occc2c1. The monoisotopic (exact) mass is 428 g/mol. The van der Waals surface area contributed by atoms with E-state index in [-0.39, 0.29) is 5.91 Å². The van der Waals surface area contributed by atoms with Gasteiger partial charge < -0.3 is 20.6 Å². The Morgan fingerprint density at radius 1 is 1.06 bits per heavy atom. The number of fused-ring (bicyclic) bond motifs is 1. The van der Waals surface area contributed by atoms with E-state index < -0.39 is 11.9 Å². The highest BCUT2D eigenvalue weighted by molar-refractivity contribution is 6.09. The number of aliphatic carboxylic acids is 1. The predicted molar refractivity (Wildman–Crippen MR) is 125 cm³/mol. The van der Waals surface area contributed by atoms with Crippen molar-refractivity contribution in [2.45, 2.75) is 25.8 Å². The fraction of sp³-hybridized carbons (Fsp3) is 0.154. The normalized spacial score (nSPS) is 11.9. The third kappa shape index (κ3) is 4.13. The van der Waals surface area contributed by atoms with E-state index in [1.165, 1.54) is 0 Å². The van der Waals surface area contributed by atoms with Gasteiger partial charge in [-0.25, -0.2) is 0 Å². The van der Waals surface area contributed by atoms with Gasteiger partial charge in [-0.3, -0.25) is 9.59 Å². The van der Waals surface area contributed by atoms with Crippen LogP contribution in [0.5, 0.6) is 0 Å². The van der Waals surface area contributed by atoms with E-state index >= 15 is 0 Å². The molecule has 0 aliphatic rings. The van der Waals surface area contributed by atoms with E-state index in [1.54, 1.807) is 42.7 Å². The van der Waals surface area contributed by atoms with Crippen LogP contribution in [0.25, 0.3) is 22.1 Å². The average Bonchev–Trinajstić information content (AvgIpc) is 3.28. The van der Waals surface area contributed by atoms with E-state index in [1.807, 2.05) is 37.3 Å². The number of carbonyl (C=O) groups excluding carboxylic acids is 1. The Kier molecular flexibility index (Phi) is 6.05. The Morgan fingerprint density at radius 2 is 1.88 bits per heavy atom. The molecule has 1 heterocycles. The zero-order valence-corrected chi connectivity index (χ0v) is 17.7. The summed E-state index contributed by atoms with van der Waals surface area (Å²) in [5.41, 5.74) is 10.7. The maximum Gasteiger partial charge on any atom is 0.311 e. The lowest BCUT2D eigenvalue weighted by Gasteiger charge is -2.16. The molecule has 0 aliphatic heterocycles. The van der Waals surface area contributed by atoms with Gasteiger partial charge in [-0.2, -0.15) is 0 Å². The Morgan fingerprint density at radius 3 is 2.62 bits per heavy atom. The maximum atomic E-state index is 13.2. The molecule has 4 aromatic rings. The molecule has 32 heavy (non-hydrogen) atoms. The van der Waals surface area contributed by atoms with Crippen molar-refractivity contribution < 1.29 is 19.1 Å². The molecule has 0 spiro atoms. The maximum absolute atomic E-state index is 13.2. The van der Waals surface area contributed by atoms with Gasteiger partial charge >= 0.3 is 5.97 Å². The molecule has 1 unspecified atom stereocenters. The summed E-state index contributed by atoms with van der Waals surface area (Å²) >= 11 is 0. The second-order valence-electron chi connectivity index (χ2n) is 7.61. The number of amides is 1. The lowest BCUT2D eigenvalue weighted by molar-refractivity contribution is -0.138. The number of nitrogens with one attached hydrogen (secondary N) is 1. The molecule has 1 aromatic heterocycles. The van der Waals surface area contributed by atoms with Gasteiger partial charge in [0.15, 0.2) is 0 Å². The van der Waals surface area contributed by atoms with E-state index in [9.17, 15) is 14.7 Å². The zero-order valence-electron chi connectivity index (χ0n) is 17.7. The number of benzene rings is 3. The Labute approximate surface area is 185 Å². The molecule has 162 valence electrons. The predicted octanol–water partition coefficient (Wildman–Crippen LogP) is 5.39. The topological polar surface area (TPSA) is 106 Å². The molecule has 0 aliphatic carbocycles. The highest BCUT2D eigenvalue weighted by atomic mass is 16.4. The van der Waals surface area contributed by atoms with Gasteiger partial charge in [0.1, 0.15) is 5.58 Å². The van der Waals surface area contributed by atoms with Crippen molar-refractivity contribution in [3.63, 3.8) is 0 Å². The summed E-state index contributed by atoms with van der Waals surface area (Å²) in [5.74, 6) is -1.94. The minimum absolute atomic E-state index is 0.322. The molecule has 4 N–H and O–H groups in total. The van der Waals surface area contributed by atoms with Gasteiger partial charge in [0, 0.05) is 28.7 Å². The van der Waals surface area contributed by atoms with Crippen LogP contribution in [0.1, 0.15) is 40.7 Å². The van der Waals surface area contributed by atoms with Crippen LogP contribution in [0.2, 0.25) is 0 Å². The van der Waals surface area contributed by atoms with E-state index in [2.05, 4.69) is 5.32 Å². The molecule has 0 radical (unpaired) electrons. The van der Waals surface area contributed by atoms with E-state index in [4.69, 9.17) is 10.2 Å². The van der Waals surface area contributed by atoms with Crippen LogP contribution in [0.4, 0.5) is 5.69 Å². The Bertz CT molecular complexity index is 1290. The smallest absolute Gasteiger partial charge is 0.311 e. The quantitative estimate of drug-likeness (QED) is 0.366. The second kappa shape index (κ2) is 9.08. The van der Waals surface area contributed by atoms with Gasteiger partial charge in [-0.05, 0) is 53.4 Å². The molecule has 4 rings (SSSR count). The van der Waals surface area contributed by atoms with Crippen molar-refractivity contribution in [1.29, 1.82) is 0 Å². The number of carboxylic acid groups (broad SMARTS) is 1. The van der Waals surface area contributed by atoms with Gasteiger partial charge in [0.05, 0.1) is 12.2 Å². The Balaban J connectivity index is 1.74. The summed E-state index contributed by atoms with van der Waals surface area (Å²) in [6, 6.07) is 20.2. The average molecular weight is 428 g/mol. The molecule has 1 amide bonds. The summed E-state index contributed by atoms with van der Waals surface area (Å²) in [7, 11) is 0. The molecule has 0 fully saturated rings. The summed E-state index contributed by atoms with van der Waals surface area (Å²) in [4.78, 5) is 24.9. The number of anilines is 1. The molecular weight excluding hydrogens is 404 g/mol. The van der Waals surface area contributed by atoms with Crippen LogP contribution in [-0.4, -0.2) is 17.0 Å². The summed E-state index contributed by atoms with van der Waals surface area (Å²) in [6.07, 6.45) is 2.02. The number of nitrogens with two attached hydrogens (primary N) is 1. The Hall–Kier alpha value is -3.90. The third-order valence-corrected chi connectivity index (χ3v) is 5.58. The van der Waals surface area contributed by atoms with Crippen LogP contribution in [-0.2, 0) is 11.3 Å². The first-order valence-corrected chi connectivity index (χ1v) is 10.5. The standard InChI is InChI=1S/C26H24N2O4/c1-2-20(26(30)31)21-8-3-4-9-23(21)28-25(29)19-13-18-10-11-32-24(18)22(14-19)17-7-5-6-16(12-17)15-27/h3-14,20H,2,15,27H2,1H3,(H,28,29)(H,30,31). The second-order valence-corrected chi connectivity index (χ2v) is 7.61. The van der Waals surface area contributed by atoms with Gasteiger partial charge in [0.2, 0.25) is 0 Å². The van der Waals surface area contributed by atoms with E-state index in [0.717, 1.165) is 22.1 Å². The van der Waals surface area contributed by atoms with Gasteiger partial charge in [-0.1, -0.05) is 43.3 Å². The molecule has 3 aromatic carbocycles. The minimum atomic E-state index is -0.920. The number of carbonyl (C=O) groups is 2. The summed E-state index contributed by atoms with van der Waals surface area (Å²) in [5, 5.41) is 13.3. The first-order chi connectivity index (χ1) is 15.5. The van der Waals surface area contributed by atoms with Crippen LogP contribution >= 0.6 is 0 Å². The number of hydrogen-bond donors (Lipinski definition) is 3. The van der Waals surface area contributed by atoms with Gasteiger partial charge in [-0.15, -0.1) is 0 Å². The number of furan rings is 1. The molecule has 0 saturated carbocycles. The van der Waals surface area contributed by atoms with Crippen LogP contribution in [0.15, 0.2) is 77.4 Å². The largest absolute Gasteiger partial charge is 0.481 e. The molecule has 0 saturated heterocycles. The molecule has 6 nitrogen and oxygen atoms in total. The number of rotatable bonds is 7. The van der Waals surface area contributed by atoms with Crippen molar-refractivity contribution in [3.8, 4) is 11.1 Å². The molecule has 6 heteroatoms. The molecule has 1 atom stereocenters. The minimum Gasteiger partial charge on any atom is -0.481 e. The number of carboxylic acids is 1. The van der Waals surface area contributed by atoms with Crippen molar-refractivity contribution in [3.05, 3.63) is 89.7 Å². The molecular formula is C26H24N2O4.